The summed E-state index contributed by atoms with van der Waals surface area (Å²) in [4.78, 5) is 30.8. The predicted molar refractivity (Wildman–Crippen MR) is 138 cm³/mol. The van der Waals surface area contributed by atoms with E-state index in [1.54, 1.807) is 0 Å². The molecule has 0 unspecified atom stereocenters. The van der Waals surface area contributed by atoms with E-state index in [1.165, 1.54) is 12.0 Å². The third-order valence-corrected chi connectivity index (χ3v) is 7.07. The molecule has 1 aliphatic heterocycles. The predicted octanol–water partition coefficient (Wildman–Crippen LogP) is 5.72. The molecule has 5 nitrogen and oxygen atoms in total. The van der Waals surface area contributed by atoms with E-state index in [0.717, 1.165) is 45.3 Å². The first-order chi connectivity index (χ1) is 16.3. The van der Waals surface area contributed by atoms with Gasteiger partial charge in [0, 0.05) is 42.0 Å². The summed E-state index contributed by atoms with van der Waals surface area (Å²) in [7, 11) is 0. The minimum Gasteiger partial charge on any atom is -0.333 e. The highest BCUT2D eigenvalue weighted by atomic mass is 16.2. The molecule has 34 heavy (non-hydrogen) atoms. The highest BCUT2D eigenvalue weighted by Gasteiger charge is 2.38. The van der Waals surface area contributed by atoms with Crippen LogP contribution in [0, 0.1) is 0 Å². The van der Waals surface area contributed by atoms with Crippen LogP contribution >= 0.6 is 0 Å². The van der Waals surface area contributed by atoms with Crippen LogP contribution in [0.15, 0.2) is 48.5 Å². The molecular formula is C29H39N3O2. The zero-order valence-electron chi connectivity index (χ0n) is 21.1. The first-order valence-corrected chi connectivity index (χ1v) is 12.8. The Morgan fingerprint density at radius 3 is 1.97 bits per heavy atom. The van der Waals surface area contributed by atoms with E-state index in [0.29, 0.717) is 28.9 Å². The van der Waals surface area contributed by atoms with Crippen molar-refractivity contribution < 1.29 is 9.59 Å². The van der Waals surface area contributed by atoms with Crippen molar-refractivity contribution in [1.29, 1.82) is 0 Å². The van der Waals surface area contributed by atoms with Crippen molar-refractivity contribution in [2.45, 2.75) is 77.3 Å². The average Bonchev–Trinajstić information content (AvgIpc) is 3.65. The summed E-state index contributed by atoms with van der Waals surface area (Å²) in [5.74, 6) is -0.00920. The molecule has 1 aliphatic carbocycles. The molecule has 0 spiro atoms. The molecule has 5 heteroatoms. The lowest BCUT2D eigenvalue weighted by Crippen LogP contribution is -2.48. The third kappa shape index (κ3) is 5.87. The lowest BCUT2D eigenvalue weighted by atomic mass is 9.87. The van der Waals surface area contributed by atoms with Gasteiger partial charge in [0.25, 0.3) is 11.8 Å². The minimum absolute atomic E-state index is 0.0538. The number of piperidine rings is 1. The molecule has 2 aromatic rings. The zero-order valence-corrected chi connectivity index (χ0v) is 21.1. The Morgan fingerprint density at radius 2 is 1.44 bits per heavy atom. The lowest BCUT2D eigenvalue weighted by molar-refractivity contribution is 0.0549. The lowest BCUT2D eigenvalue weighted by Gasteiger charge is -2.39. The molecule has 4 rings (SSSR count). The van der Waals surface area contributed by atoms with Crippen molar-refractivity contribution in [2.24, 2.45) is 0 Å². The summed E-state index contributed by atoms with van der Waals surface area (Å²) in [5, 5.41) is 2.96. The number of hydrogen-bond donors (Lipinski definition) is 1. The minimum atomic E-state index is -0.141. The second kappa shape index (κ2) is 10.3. The summed E-state index contributed by atoms with van der Waals surface area (Å²) in [6.07, 6.45) is 5.53. The van der Waals surface area contributed by atoms with Crippen LogP contribution in [-0.4, -0.2) is 53.3 Å². The highest BCUT2D eigenvalue weighted by molar-refractivity contribution is 6.04. The monoisotopic (exact) mass is 461 g/mol. The van der Waals surface area contributed by atoms with Crippen molar-refractivity contribution in [3.63, 3.8) is 0 Å². The van der Waals surface area contributed by atoms with Gasteiger partial charge in [-0.2, -0.15) is 0 Å². The van der Waals surface area contributed by atoms with E-state index < -0.39 is 0 Å². The van der Waals surface area contributed by atoms with Gasteiger partial charge in [-0.05, 0) is 86.0 Å². The number of rotatable bonds is 7. The molecule has 0 radical (unpaired) electrons. The van der Waals surface area contributed by atoms with E-state index >= 15 is 0 Å². The largest absolute Gasteiger partial charge is 0.333 e. The van der Waals surface area contributed by atoms with Crippen LogP contribution < -0.4 is 5.32 Å². The van der Waals surface area contributed by atoms with Gasteiger partial charge in [0.15, 0.2) is 0 Å². The molecule has 1 heterocycles. The molecule has 0 atom stereocenters. The van der Waals surface area contributed by atoms with Crippen molar-refractivity contribution in [2.75, 3.05) is 25.0 Å². The summed E-state index contributed by atoms with van der Waals surface area (Å²) >= 11 is 0. The molecule has 182 valence electrons. The van der Waals surface area contributed by atoms with Crippen molar-refractivity contribution in [1.82, 2.24) is 9.80 Å². The zero-order chi connectivity index (χ0) is 24.3. The van der Waals surface area contributed by atoms with Gasteiger partial charge < -0.3 is 15.1 Å². The Balaban J connectivity index is 1.38. The number of nitrogens with zero attached hydrogens (tertiary/aromatic N) is 2. The first-order valence-electron chi connectivity index (χ1n) is 12.8. The van der Waals surface area contributed by atoms with Gasteiger partial charge in [0.05, 0.1) is 0 Å². The number of carbonyl (C=O) groups is 2. The highest BCUT2D eigenvalue weighted by Crippen LogP contribution is 2.33. The fourth-order valence-electron chi connectivity index (χ4n) is 4.89. The molecule has 0 aromatic heterocycles. The summed E-state index contributed by atoms with van der Waals surface area (Å²) in [5.41, 5.74) is 3.28. The third-order valence-electron chi connectivity index (χ3n) is 7.07. The fraction of sp³-hybridized carbons (Fsp3) is 0.517. The summed E-state index contributed by atoms with van der Waals surface area (Å²) in [6, 6.07) is 15.9. The van der Waals surface area contributed by atoms with Gasteiger partial charge in [-0.3, -0.25) is 9.59 Å². The van der Waals surface area contributed by atoms with Crippen LogP contribution in [0.25, 0.3) is 0 Å². The Bertz CT molecular complexity index is 980. The van der Waals surface area contributed by atoms with Crippen molar-refractivity contribution in [3.05, 3.63) is 65.2 Å². The molecule has 1 saturated heterocycles. The van der Waals surface area contributed by atoms with Crippen LogP contribution in [-0.2, 0) is 5.41 Å². The number of benzene rings is 2. The molecule has 1 saturated carbocycles. The van der Waals surface area contributed by atoms with Crippen molar-refractivity contribution in [3.8, 4) is 0 Å². The Hall–Kier alpha value is -2.66. The van der Waals surface area contributed by atoms with Crippen molar-refractivity contribution >= 4 is 17.5 Å². The van der Waals surface area contributed by atoms with E-state index in [9.17, 15) is 9.59 Å². The van der Waals surface area contributed by atoms with E-state index in [4.69, 9.17) is 0 Å². The summed E-state index contributed by atoms with van der Waals surface area (Å²) < 4.78 is 0. The number of anilines is 1. The Kier molecular flexibility index (Phi) is 7.42. The second-order valence-electron chi connectivity index (χ2n) is 10.9. The second-order valence-corrected chi connectivity index (χ2v) is 10.9. The fourth-order valence-corrected chi connectivity index (χ4v) is 4.89. The average molecular weight is 462 g/mol. The van der Waals surface area contributed by atoms with Crippen LogP contribution in [0.5, 0.6) is 0 Å². The molecule has 2 amide bonds. The quantitative estimate of drug-likeness (QED) is 0.574. The normalized spacial score (nSPS) is 17.4. The molecule has 0 bridgehead atoms. The first kappa shape index (κ1) is 24.5. The number of hydrogen-bond acceptors (Lipinski definition) is 3. The van der Waals surface area contributed by atoms with E-state index in [1.807, 2.05) is 48.5 Å². The van der Waals surface area contributed by atoms with E-state index in [2.05, 4.69) is 42.8 Å². The Labute approximate surface area is 204 Å². The van der Waals surface area contributed by atoms with Crippen LogP contribution in [0.2, 0.25) is 0 Å². The van der Waals surface area contributed by atoms with Gasteiger partial charge in [-0.15, -0.1) is 0 Å². The van der Waals surface area contributed by atoms with E-state index in [-0.39, 0.29) is 17.2 Å². The van der Waals surface area contributed by atoms with Gasteiger partial charge >= 0.3 is 0 Å². The molecule has 2 aliphatic rings. The maximum absolute atomic E-state index is 13.4. The molecule has 2 fully saturated rings. The number of amides is 2. The maximum atomic E-state index is 13.4. The van der Waals surface area contributed by atoms with Crippen LogP contribution in [0.4, 0.5) is 5.69 Å². The molecule has 2 aromatic carbocycles. The maximum Gasteiger partial charge on any atom is 0.255 e. The molecular weight excluding hydrogens is 422 g/mol. The van der Waals surface area contributed by atoms with Crippen LogP contribution in [0.3, 0.4) is 0 Å². The SMILES string of the molecule is CCCN1CCC(N(C(=O)c2ccc(NC(=O)c3ccc(C(C)(C)C)cc3)cc2)C2CC2)CC1. The number of carbonyl (C=O) groups excluding carboxylic acids is 2. The standard InChI is InChI=1S/C29H39N3O2/c1-5-18-31-19-16-26(17-20-31)32(25-14-15-25)28(34)22-8-12-24(13-9-22)30-27(33)21-6-10-23(11-7-21)29(2,3)4/h6-13,25-26H,5,14-20H2,1-4H3,(H,30,33). The molecule has 1 N–H and O–H groups in total. The number of likely N-dealkylation sites (tertiary alicyclic amines) is 1. The van der Waals surface area contributed by atoms with Gasteiger partial charge in [0.2, 0.25) is 0 Å². The van der Waals surface area contributed by atoms with Gasteiger partial charge in [0.1, 0.15) is 0 Å². The van der Waals surface area contributed by atoms with Crippen LogP contribution in [0.1, 0.15) is 86.1 Å². The van der Waals surface area contributed by atoms with Gasteiger partial charge in [-0.25, -0.2) is 0 Å². The topological polar surface area (TPSA) is 52.6 Å². The smallest absolute Gasteiger partial charge is 0.255 e. The Morgan fingerprint density at radius 1 is 0.882 bits per heavy atom. The number of nitrogens with one attached hydrogen (secondary N) is 1. The summed E-state index contributed by atoms with van der Waals surface area (Å²) in [6.45, 7) is 12.0. The van der Waals surface area contributed by atoms with Gasteiger partial charge in [-0.1, -0.05) is 39.8 Å².